The molecule has 1 fully saturated rings. The summed E-state index contributed by atoms with van der Waals surface area (Å²) in [5.41, 5.74) is 15.6. The highest BCUT2D eigenvalue weighted by atomic mass is 32.2. The van der Waals surface area contributed by atoms with Gasteiger partial charge in [-0.25, -0.2) is 0 Å². The first-order chi connectivity index (χ1) is 12.2. The predicted octanol–water partition coefficient (Wildman–Crippen LogP) is 2.12. The summed E-state index contributed by atoms with van der Waals surface area (Å²) in [5, 5.41) is -0.0445. The molecular formula is C18H23N5OS. The monoisotopic (exact) mass is 357 g/mol. The zero-order valence-corrected chi connectivity index (χ0v) is 15.1. The largest absolute Gasteiger partial charge is 0.495 e. The van der Waals surface area contributed by atoms with E-state index >= 15 is 0 Å². The normalized spacial score (nSPS) is 26.0. The van der Waals surface area contributed by atoms with E-state index in [-0.39, 0.29) is 11.4 Å². The smallest absolute Gasteiger partial charge is 0.136 e. The van der Waals surface area contributed by atoms with Crippen molar-refractivity contribution in [2.24, 2.45) is 11.5 Å². The molecule has 0 spiro atoms. The van der Waals surface area contributed by atoms with E-state index in [2.05, 4.69) is 26.9 Å². The van der Waals surface area contributed by atoms with Gasteiger partial charge >= 0.3 is 0 Å². The molecule has 4 N–H and O–H groups in total. The van der Waals surface area contributed by atoms with Gasteiger partial charge in [-0.1, -0.05) is 0 Å². The molecule has 25 heavy (non-hydrogen) atoms. The molecular weight excluding hydrogens is 334 g/mol. The number of aromatic nitrogens is 1. The number of hydrogen-bond acceptors (Lipinski definition) is 7. The van der Waals surface area contributed by atoms with Crippen molar-refractivity contribution in [2.75, 3.05) is 30.0 Å². The van der Waals surface area contributed by atoms with Crippen molar-refractivity contribution in [3.63, 3.8) is 0 Å². The Morgan fingerprint density at radius 1 is 1.32 bits per heavy atom. The summed E-state index contributed by atoms with van der Waals surface area (Å²) in [5.74, 6) is 0.805. The summed E-state index contributed by atoms with van der Waals surface area (Å²) in [6, 6.07) is 2.28. The third kappa shape index (κ3) is 3.15. The van der Waals surface area contributed by atoms with E-state index in [9.17, 15) is 0 Å². The number of piperidine rings is 1. The number of thioether (sulfide) groups is 1. The standard InChI is InChI=1S/C18H23N5OS/c1-24-13-7-17-15(8-18(20)25-17)23(11-13)16-9-21-5-4-14(16)22-6-2-3-12(19)10-22/h4-5,7-9,11-12,18H,2-3,6,10,19-20H2,1H3. The van der Waals surface area contributed by atoms with Gasteiger partial charge in [-0.2, -0.15) is 0 Å². The zero-order valence-electron chi connectivity index (χ0n) is 14.3. The van der Waals surface area contributed by atoms with E-state index in [1.54, 1.807) is 18.9 Å². The van der Waals surface area contributed by atoms with Gasteiger partial charge in [0, 0.05) is 30.2 Å². The van der Waals surface area contributed by atoms with Crippen LogP contribution in [0.4, 0.5) is 11.4 Å². The summed E-state index contributed by atoms with van der Waals surface area (Å²) < 4.78 is 5.50. The molecule has 1 aromatic heterocycles. The minimum atomic E-state index is -0.0445. The Morgan fingerprint density at radius 3 is 3.00 bits per heavy atom. The number of allylic oxidation sites excluding steroid dienone is 1. The van der Waals surface area contributed by atoms with Gasteiger partial charge in [0.1, 0.15) is 5.76 Å². The van der Waals surface area contributed by atoms with Crippen LogP contribution in [0.2, 0.25) is 0 Å². The lowest BCUT2D eigenvalue weighted by Crippen LogP contribution is -2.43. The van der Waals surface area contributed by atoms with Crippen LogP contribution in [0.1, 0.15) is 12.8 Å². The van der Waals surface area contributed by atoms with E-state index in [4.69, 9.17) is 16.2 Å². The summed E-state index contributed by atoms with van der Waals surface area (Å²) >= 11 is 1.64. The summed E-state index contributed by atoms with van der Waals surface area (Å²) in [6.45, 7) is 1.87. The first kappa shape index (κ1) is 16.5. The van der Waals surface area contributed by atoms with Crippen molar-refractivity contribution in [3.05, 3.63) is 53.2 Å². The number of methoxy groups -OCH3 is 1. The Morgan fingerprint density at radius 2 is 2.20 bits per heavy atom. The van der Waals surface area contributed by atoms with Crippen molar-refractivity contribution >= 4 is 23.1 Å². The van der Waals surface area contributed by atoms with Crippen LogP contribution in [0, 0.1) is 0 Å². The van der Waals surface area contributed by atoms with Crippen molar-refractivity contribution in [1.82, 2.24) is 4.98 Å². The maximum atomic E-state index is 6.20. The average Bonchev–Trinajstić information content (AvgIpc) is 3.01. The van der Waals surface area contributed by atoms with E-state index in [1.807, 2.05) is 24.7 Å². The van der Waals surface area contributed by atoms with Gasteiger partial charge in [-0.3, -0.25) is 4.98 Å². The molecule has 132 valence electrons. The number of anilines is 2. The lowest BCUT2D eigenvalue weighted by molar-refractivity contribution is 0.304. The summed E-state index contributed by atoms with van der Waals surface area (Å²) in [4.78, 5) is 9.97. The molecule has 3 aliphatic heterocycles. The van der Waals surface area contributed by atoms with Crippen molar-refractivity contribution < 1.29 is 4.74 Å². The van der Waals surface area contributed by atoms with Gasteiger partial charge in [0.25, 0.3) is 0 Å². The third-order valence-electron chi connectivity index (χ3n) is 4.70. The molecule has 0 radical (unpaired) electrons. The number of fused-ring (bicyclic) bond motifs is 1. The molecule has 4 heterocycles. The second-order valence-corrected chi connectivity index (χ2v) is 7.68. The van der Waals surface area contributed by atoms with E-state index in [0.29, 0.717) is 0 Å². The van der Waals surface area contributed by atoms with Crippen LogP contribution in [-0.2, 0) is 4.74 Å². The predicted molar refractivity (Wildman–Crippen MR) is 103 cm³/mol. The molecule has 4 rings (SSSR count). The van der Waals surface area contributed by atoms with Gasteiger partial charge in [-0.05, 0) is 31.1 Å². The summed E-state index contributed by atoms with van der Waals surface area (Å²) in [7, 11) is 1.68. The fourth-order valence-corrected chi connectivity index (χ4v) is 4.48. The average molecular weight is 357 g/mol. The van der Waals surface area contributed by atoms with Gasteiger partial charge in [-0.15, -0.1) is 11.8 Å². The third-order valence-corrected chi connectivity index (χ3v) is 5.69. The fourth-order valence-electron chi connectivity index (χ4n) is 3.52. The molecule has 0 aromatic carbocycles. The second-order valence-electron chi connectivity index (χ2n) is 6.46. The molecule has 1 aromatic rings. The van der Waals surface area contributed by atoms with Crippen molar-refractivity contribution in [3.8, 4) is 0 Å². The van der Waals surface area contributed by atoms with Crippen LogP contribution in [0.5, 0.6) is 0 Å². The highest BCUT2D eigenvalue weighted by Crippen LogP contribution is 2.44. The molecule has 0 aliphatic carbocycles. The number of ether oxygens (including phenoxy) is 1. The number of nitrogens with zero attached hydrogens (tertiary/aromatic N) is 3. The quantitative estimate of drug-likeness (QED) is 0.857. The van der Waals surface area contributed by atoms with Crippen molar-refractivity contribution in [2.45, 2.75) is 24.3 Å². The maximum absolute atomic E-state index is 6.20. The Kier molecular flexibility index (Phi) is 4.45. The van der Waals surface area contributed by atoms with Crippen LogP contribution in [-0.4, -0.2) is 36.6 Å². The highest BCUT2D eigenvalue weighted by molar-refractivity contribution is 8.04. The number of nitrogens with two attached hydrogens (primary N) is 2. The Labute approximate surface area is 152 Å². The van der Waals surface area contributed by atoms with E-state index < -0.39 is 0 Å². The van der Waals surface area contributed by atoms with Crippen LogP contribution in [0.25, 0.3) is 0 Å². The Balaban J connectivity index is 1.75. The van der Waals surface area contributed by atoms with Gasteiger partial charge in [0.2, 0.25) is 0 Å². The molecule has 2 atom stereocenters. The number of rotatable bonds is 3. The van der Waals surface area contributed by atoms with Gasteiger partial charge < -0.3 is 26.0 Å². The first-order valence-electron chi connectivity index (χ1n) is 8.51. The highest BCUT2D eigenvalue weighted by Gasteiger charge is 2.30. The van der Waals surface area contributed by atoms with Crippen molar-refractivity contribution in [1.29, 1.82) is 0 Å². The van der Waals surface area contributed by atoms with E-state index in [1.165, 1.54) is 0 Å². The first-order valence-corrected chi connectivity index (χ1v) is 9.39. The van der Waals surface area contributed by atoms with Crippen LogP contribution in [0.3, 0.4) is 0 Å². The van der Waals surface area contributed by atoms with Gasteiger partial charge in [0.15, 0.2) is 0 Å². The molecule has 2 unspecified atom stereocenters. The van der Waals surface area contributed by atoms with E-state index in [0.717, 1.165) is 53.7 Å². The SMILES string of the molecule is COC1=CN(c2cnccc2N2CCCC(N)C2)C2=CC(N)SC2=C1. The Hall–Kier alpha value is -1.96. The maximum Gasteiger partial charge on any atom is 0.136 e. The Bertz CT molecular complexity index is 760. The molecule has 7 heteroatoms. The lowest BCUT2D eigenvalue weighted by atomic mass is 10.1. The molecule has 3 aliphatic rings. The molecule has 6 nitrogen and oxygen atoms in total. The zero-order chi connectivity index (χ0) is 17.4. The van der Waals surface area contributed by atoms with Crippen LogP contribution in [0.15, 0.2) is 53.2 Å². The number of hydrogen-bond donors (Lipinski definition) is 2. The number of pyridine rings is 1. The van der Waals surface area contributed by atoms with Gasteiger partial charge in [0.05, 0.1) is 42.0 Å². The fraction of sp³-hybridized carbons (Fsp3) is 0.389. The molecule has 0 amide bonds. The molecule has 0 saturated carbocycles. The molecule has 0 bridgehead atoms. The lowest BCUT2D eigenvalue weighted by Gasteiger charge is -2.36. The summed E-state index contributed by atoms with van der Waals surface area (Å²) in [6.07, 6.45) is 12.0. The van der Waals surface area contributed by atoms with Crippen LogP contribution >= 0.6 is 11.8 Å². The second kappa shape index (κ2) is 6.74. The molecule has 1 saturated heterocycles. The minimum Gasteiger partial charge on any atom is -0.495 e. The van der Waals surface area contributed by atoms with Crippen LogP contribution < -0.4 is 21.3 Å². The minimum absolute atomic E-state index is 0.0445. The topological polar surface area (TPSA) is 80.6 Å².